The van der Waals surface area contributed by atoms with Crippen LogP contribution in [-0.2, 0) is 26.5 Å². The van der Waals surface area contributed by atoms with Crippen molar-refractivity contribution >= 4 is 46.1 Å². The molecule has 0 aliphatic heterocycles. The third kappa shape index (κ3) is 7.79. The van der Waals surface area contributed by atoms with Crippen molar-refractivity contribution in [1.82, 2.24) is 15.0 Å². The molecule has 8 aromatic rings. The average Bonchev–Trinajstić information content (AvgIpc) is 3.49. The molecule has 0 spiro atoms. The molecule has 0 N–H and O–H groups in total. The number of furan rings is 1. The molecule has 0 atom stereocenters. The van der Waals surface area contributed by atoms with Gasteiger partial charge in [0.05, 0.1) is 13.7 Å². The molecule has 0 amide bonds. The van der Waals surface area contributed by atoms with Crippen molar-refractivity contribution in [1.29, 1.82) is 0 Å². The number of aryl methyl sites for hydroxylation is 1. The Hall–Kier alpha value is -4.74. The Kier molecular flexibility index (Phi) is 10.8. The Labute approximate surface area is 315 Å². The monoisotopic (exact) mass is 860 g/mol. The Morgan fingerprint density at radius 2 is 1.53 bits per heavy atom. The van der Waals surface area contributed by atoms with Crippen molar-refractivity contribution in [3.63, 3.8) is 0 Å². The summed E-state index contributed by atoms with van der Waals surface area (Å²) in [5.74, 6) is 0.610. The predicted molar refractivity (Wildman–Crippen MR) is 211 cm³/mol. The summed E-state index contributed by atoms with van der Waals surface area (Å²) >= 11 is 0. The second-order valence-corrected chi connectivity index (χ2v) is 19.4. The number of benzene rings is 4. The van der Waals surface area contributed by atoms with Crippen LogP contribution in [0.3, 0.4) is 0 Å². The van der Waals surface area contributed by atoms with Crippen molar-refractivity contribution in [2.24, 2.45) is 5.92 Å². The zero-order valence-electron chi connectivity index (χ0n) is 29.9. The van der Waals surface area contributed by atoms with E-state index in [9.17, 15) is 0 Å². The van der Waals surface area contributed by atoms with Gasteiger partial charge in [-0.25, -0.2) is 4.98 Å². The molecule has 8 rings (SSSR count). The predicted octanol–water partition coefficient (Wildman–Crippen LogP) is 11.3. The Balaban J connectivity index is 0.000000173. The first-order valence-corrected chi connectivity index (χ1v) is 20.8. The number of nitrogens with zero attached hydrogens (tertiary/aromatic N) is 3. The van der Waals surface area contributed by atoms with Gasteiger partial charge in [0.15, 0.2) is 0 Å². The summed E-state index contributed by atoms with van der Waals surface area (Å²) in [6.07, 6.45) is 5.00. The van der Waals surface area contributed by atoms with Crippen LogP contribution in [0.25, 0.3) is 66.5 Å². The molecule has 0 fully saturated rings. The van der Waals surface area contributed by atoms with Gasteiger partial charge in [-0.3, -0.25) is 0 Å². The van der Waals surface area contributed by atoms with E-state index in [1.54, 1.807) is 0 Å². The van der Waals surface area contributed by atoms with E-state index in [0.717, 1.165) is 51.0 Å². The number of hydrogen-bond donors (Lipinski definition) is 0. The van der Waals surface area contributed by atoms with Gasteiger partial charge < -0.3 is 14.4 Å². The van der Waals surface area contributed by atoms with Crippen LogP contribution in [-0.4, -0.2) is 23.0 Å². The maximum absolute atomic E-state index is 6.06. The van der Waals surface area contributed by atoms with Gasteiger partial charge in [0.25, 0.3) is 0 Å². The summed E-state index contributed by atoms with van der Waals surface area (Å²) in [5, 5.41) is 6.06. The molecule has 257 valence electrons. The molecule has 1 radical (unpaired) electrons. The van der Waals surface area contributed by atoms with Crippen LogP contribution >= 0.6 is 0 Å². The van der Waals surface area contributed by atoms with E-state index in [0.29, 0.717) is 11.6 Å². The molecule has 0 saturated heterocycles. The van der Waals surface area contributed by atoms with Crippen molar-refractivity contribution in [2.75, 3.05) is 0 Å². The number of rotatable bonds is 6. The molecule has 4 nitrogen and oxygen atoms in total. The molecular weight excluding hydrogens is 819 g/mol. The van der Waals surface area contributed by atoms with Gasteiger partial charge in [-0.1, -0.05) is 105 Å². The minimum atomic E-state index is -1.54. The number of hydrogen-bond acceptors (Lipinski definition) is 4. The van der Waals surface area contributed by atoms with Gasteiger partial charge in [0, 0.05) is 43.6 Å². The number of aromatic nitrogens is 3. The summed E-state index contributed by atoms with van der Waals surface area (Å²) in [6, 6.07) is 44.3. The SMILES string of the molecule is C[Si](C)(C)c1cnc(-c2[c-]cccc2)cc1-c1cccc2ccccc12.Cc1ccc2c(n1)oc1c(-c3cc(CC(C)C)ccn3)[c-]ccc12.[Ir]. The summed E-state index contributed by atoms with van der Waals surface area (Å²) in [5.41, 5.74) is 10.1. The van der Waals surface area contributed by atoms with Crippen LogP contribution in [0.5, 0.6) is 0 Å². The molecule has 4 heterocycles. The molecule has 0 aliphatic carbocycles. The average molecular weight is 860 g/mol. The van der Waals surface area contributed by atoms with Gasteiger partial charge >= 0.3 is 0 Å². The van der Waals surface area contributed by atoms with Crippen molar-refractivity contribution in [2.45, 2.75) is 46.8 Å². The van der Waals surface area contributed by atoms with E-state index < -0.39 is 8.07 Å². The Bertz CT molecular complexity index is 2440. The van der Waals surface area contributed by atoms with Crippen LogP contribution in [0.15, 0.2) is 126 Å². The Morgan fingerprint density at radius 1 is 0.725 bits per heavy atom. The molecule has 6 heteroatoms. The Morgan fingerprint density at radius 3 is 2.31 bits per heavy atom. The summed E-state index contributed by atoms with van der Waals surface area (Å²) in [4.78, 5) is 13.8. The largest absolute Gasteiger partial charge is 0.486 e. The van der Waals surface area contributed by atoms with E-state index >= 15 is 0 Å². The minimum Gasteiger partial charge on any atom is -0.486 e. The fraction of sp³-hybridized carbons (Fsp3) is 0.178. The third-order valence-corrected chi connectivity index (χ3v) is 11.0. The third-order valence-electron chi connectivity index (χ3n) is 8.94. The van der Waals surface area contributed by atoms with E-state index in [2.05, 4.69) is 135 Å². The smallest absolute Gasteiger partial charge is 0.216 e. The maximum atomic E-state index is 6.06. The molecule has 4 aromatic carbocycles. The standard InChI is InChI=1S/C24H22NSi.C21H19N2O.Ir/c1-26(2,3)24-17-25-23(19-11-5-4-6-12-19)16-22(24)21-15-9-13-18-10-7-8-14-20(18)21;1-13(2)11-15-9-10-22-19(12-15)18-6-4-5-16-17-8-7-14(3)23-21(17)24-20(16)18;/h4-11,13-17H,1-3H3;4-5,7-10,12-13H,11H2,1-3H3;/q2*-1;. The van der Waals surface area contributed by atoms with Gasteiger partial charge in [0.2, 0.25) is 5.71 Å². The van der Waals surface area contributed by atoms with Gasteiger partial charge in [-0.05, 0) is 75.9 Å². The molecule has 0 saturated carbocycles. The second-order valence-electron chi connectivity index (χ2n) is 14.3. The first-order valence-electron chi connectivity index (χ1n) is 17.3. The molecular formula is C45H41IrN3OSi-2. The second kappa shape index (κ2) is 15.2. The van der Waals surface area contributed by atoms with Gasteiger partial charge in [0.1, 0.15) is 0 Å². The van der Waals surface area contributed by atoms with E-state index in [1.807, 2.05) is 49.5 Å². The van der Waals surface area contributed by atoms with Crippen LogP contribution in [0.2, 0.25) is 19.6 Å². The van der Waals surface area contributed by atoms with Crippen molar-refractivity contribution < 1.29 is 24.5 Å². The quantitative estimate of drug-likeness (QED) is 0.123. The van der Waals surface area contributed by atoms with E-state index in [4.69, 9.17) is 9.40 Å². The van der Waals surface area contributed by atoms with Crippen LogP contribution < -0.4 is 5.19 Å². The molecule has 0 bridgehead atoms. The molecule has 0 unspecified atom stereocenters. The first kappa shape index (κ1) is 36.1. The first-order chi connectivity index (χ1) is 24.2. The zero-order chi connectivity index (χ0) is 34.8. The maximum Gasteiger partial charge on any atom is 0.216 e. The summed E-state index contributed by atoms with van der Waals surface area (Å²) in [7, 11) is -1.54. The normalized spacial score (nSPS) is 11.4. The fourth-order valence-corrected chi connectivity index (χ4v) is 8.02. The molecule has 51 heavy (non-hydrogen) atoms. The molecule has 0 aliphatic rings. The zero-order valence-corrected chi connectivity index (χ0v) is 33.3. The topological polar surface area (TPSA) is 51.8 Å². The van der Waals surface area contributed by atoms with Crippen LogP contribution in [0, 0.1) is 25.0 Å². The van der Waals surface area contributed by atoms with Crippen molar-refractivity contribution in [3.05, 3.63) is 145 Å². The van der Waals surface area contributed by atoms with Crippen LogP contribution in [0.1, 0.15) is 25.1 Å². The summed E-state index contributed by atoms with van der Waals surface area (Å²) in [6.45, 7) is 13.6. The minimum absolute atomic E-state index is 0. The summed E-state index contributed by atoms with van der Waals surface area (Å²) < 4.78 is 6.06. The van der Waals surface area contributed by atoms with Crippen LogP contribution in [0.4, 0.5) is 0 Å². The van der Waals surface area contributed by atoms with Gasteiger partial charge in [-0.2, -0.15) is 0 Å². The number of fused-ring (bicyclic) bond motifs is 4. The van der Waals surface area contributed by atoms with E-state index in [-0.39, 0.29) is 20.1 Å². The van der Waals surface area contributed by atoms with Gasteiger partial charge in [-0.15, -0.1) is 54.1 Å². The fourth-order valence-electron chi connectivity index (χ4n) is 6.55. The van der Waals surface area contributed by atoms with Crippen molar-refractivity contribution in [3.8, 4) is 33.6 Å². The number of pyridine rings is 3. The molecule has 4 aromatic heterocycles. The van der Waals surface area contributed by atoms with E-state index in [1.165, 1.54) is 32.6 Å².